The molecule has 0 bridgehead atoms. The highest BCUT2D eigenvalue weighted by molar-refractivity contribution is 5.73. The summed E-state index contributed by atoms with van der Waals surface area (Å²) in [5.74, 6) is -0.497. The molecule has 1 atom stereocenters. The van der Waals surface area contributed by atoms with Gasteiger partial charge in [-0.25, -0.2) is 0 Å². The molecular weight excluding hydrogens is 172 g/mol. The van der Waals surface area contributed by atoms with E-state index in [0.717, 1.165) is 12.8 Å². The lowest BCUT2D eigenvalue weighted by atomic mass is 10.1. The van der Waals surface area contributed by atoms with Crippen molar-refractivity contribution in [2.45, 2.75) is 38.7 Å². The van der Waals surface area contributed by atoms with Crippen LogP contribution in [0.1, 0.15) is 32.6 Å². The maximum absolute atomic E-state index is 11.0. The van der Waals surface area contributed by atoms with Crippen LogP contribution < -0.4 is 0 Å². The molecule has 0 saturated carbocycles. The molecule has 1 fully saturated rings. The molecular formula is C9H14O4. The van der Waals surface area contributed by atoms with Crippen LogP contribution in [0, 0.1) is 0 Å². The lowest BCUT2D eigenvalue weighted by molar-refractivity contribution is -0.158. The third-order valence-corrected chi connectivity index (χ3v) is 1.90. The molecule has 13 heavy (non-hydrogen) atoms. The van der Waals surface area contributed by atoms with Gasteiger partial charge in [0.15, 0.2) is 0 Å². The molecule has 0 aromatic rings. The molecule has 0 aromatic heterocycles. The van der Waals surface area contributed by atoms with Gasteiger partial charge in [0, 0.05) is 6.42 Å². The Kier molecular flexibility index (Phi) is 3.73. The monoisotopic (exact) mass is 186 g/mol. The van der Waals surface area contributed by atoms with Crippen molar-refractivity contribution in [3.8, 4) is 0 Å². The molecule has 1 rings (SSSR count). The molecule has 1 saturated heterocycles. The zero-order valence-corrected chi connectivity index (χ0v) is 7.75. The summed E-state index contributed by atoms with van der Waals surface area (Å²) in [4.78, 5) is 21.8. The highest BCUT2D eigenvalue weighted by atomic mass is 16.6. The van der Waals surface area contributed by atoms with Crippen LogP contribution in [0.15, 0.2) is 0 Å². The number of cyclic esters (lactones) is 1. The van der Waals surface area contributed by atoms with Crippen molar-refractivity contribution in [3.63, 3.8) is 0 Å². The standard InChI is InChI=1S/C9H14O4/c1-2-12-9(11)6-7-4-3-5-8(10)13-7/h7H,2-6H2,1H3/t7-/m1/s1. The van der Waals surface area contributed by atoms with Crippen LogP contribution in [-0.2, 0) is 19.1 Å². The van der Waals surface area contributed by atoms with Crippen LogP contribution in [0.4, 0.5) is 0 Å². The van der Waals surface area contributed by atoms with Crippen LogP contribution in [0.5, 0.6) is 0 Å². The van der Waals surface area contributed by atoms with Crippen molar-refractivity contribution < 1.29 is 19.1 Å². The second-order valence-electron chi connectivity index (χ2n) is 3.01. The minimum Gasteiger partial charge on any atom is -0.466 e. The fraction of sp³-hybridized carbons (Fsp3) is 0.778. The van der Waals surface area contributed by atoms with Gasteiger partial charge >= 0.3 is 11.9 Å². The minimum atomic E-state index is -0.290. The Labute approximate surface area is 77.2 Å². The molecule has 0 aliphatic carbocycles. The summed E-state index contributed by atoms with van der Waals surface area (Å²) >= 11 is 0. The van der Waals surface area contributed by atoms with Crippen LogP contribution >= 0.6 is 0 Å². The predicted molar refractivity (Wildman–Crippen MR) is 45.0 cm³/mol. The number of carbonyl (C=O) groups excluding carboxylic acids is 2. The molecule has 0 amide bonds. The number of rotatable bonds is 3. The molecule has 1 heterocycles. The smallest absolute Gasteiger partial charge is 0.309 e. The van der Waals surface area contributed by atoms with E-state index in [1.165, 1.54) is 0 Å². The van der Waals surface area contributed by atoms with Gasteiger partial charge in [-0.2, -0.15) is 0 Å². The van der Waals surface area contributed by atoms with E-state index in [4.69, 9.17) is 9.47 Å². The second-order valence-corrected chi connectivity index (χ2v) is 3.01. The first-order chi connectivity index (χ1) is 6.22. The van der Waals surface area contributed by atoms with Gasteiger partial charge in [0.05, 0.1) is 13.0 Å². The molecule has 4 nitrogen and oxygen atoms in total. The number of hydrogen-bond acceptors (Lipinski definition) is 4. The van der Waals surface area contributed by atoms with E-state index in [9.17, 15) is 9.59 Å². The molecule has 1 aliphatic rings. The van der Waals surface area contributed by atoms with Crippen molar-refractivity contribution in [1.82, 2.24) is 0 Å². The highest BCUT2D eigenvalue weighted by Crippen LogP contribution is 2.16. The van der Waals surface area contributed by atoms with Gasteiger partial charge < -0.3 is 9.47 Å². The fourth-order valence-electron chi connectivity index (χ4n) is 1.33. The quantitative estimate of drug-likeness (QED) is 0.618. The molecule has 0 unspecified atom stereocenters. The van der Waals surface area contributed by atoms with Gasteiger partial charge in [-0.1, -0.05) is 0 Å². The average Bonchev–Trinajstić information content (AvgIpc) is 2.04. The summed E-state index contributed by atoms with van der Waals surface area (Å²) < 4.78 is 9.71. The van der Waals surface area contributed by atoms with Crippen molar-refractivity contribution in [1.29, 1.82) is 0 Å². The zero-order valence-electron chi connectivity index (χ0n) is 7.75. The van der Waals surface area contributed by atoms with Crippen molar-refractivity contribution in [2.24, 2.45) is 0 Å². The maximum Gasteiger partial charge on any atom is 0.309 e. The van der Waals surface area contributed by atoms with Crippen molar-refractivity contribution in [2.75, 3.05) is 6.61 Å². The topological polar surface area (TPSA) is 52.6 Å². The minimum absolute atomic E-state index is 0.194. The van der Waals surface area contributed by atoms with Gasteiger partial charge in [0.2, 0.25) is 0 Å². The lowest BCUT2D eigenvalue weighted by Gasteiger charge is -2.21. The Morgan fingerprint density at radius 2 is 2.46 bits per heavy atom. The molecule has 0 radical (unpaired) electrons. The van der Waals surface area contributed by atoms with Crippen LogP contribution in [0.3, 0.4) is 0 Å². The summed E-state index contributed by atoms with van der Waals surface area (Å²) in [6.45, 7) is 2.13. The predicted octanol–water partition coefficient (Wildman–Crippen LogP) is 1.04. The van der Waals surface area contributed by atoms with Gasteiger partial charge in [-0.15, -0.1) is 0 Å². The van der Waals surface area contributed by atoms with E-state index in [-0.39, 0.29) is 24.5 Å². The third-order valence-electron chi connectivity index (χ3n) is 1.90. The van der Waals surface area contributed by atoms with Gasteiger partial charge in [0.25, 0.3) is 0 Å². The SMILES string of the molecule is CCOC(=O)C[C@H]1CCCC(=O)O1. The highest BCUT2D eigenvalue weighted by Gasteiger charge is 2.23. The number of carbonyl (C=O) groups is 2. The zero-order chi connectivity index (χ0) is 9.68. The van der Waals surface area contributed by atoms with E-state index in [2.05, 4.69) is 0 Å². The third kappa shape index (κ3) is 3.44. The lowest BCUT2D eigenvalue weighted by Crippen LogP contribution is -2.26. The Hall–Kier alpha value is -1.06. The first-order valence-corrected chi connectivity index (χ1v) is 4.57. The maximum atomic E-state index is 11.0. The van der Waals surface area contributed by atoms with Gasteiger partial charge in [-0.3, -0.25) is 9.59 Å². The first-order valence-electron chi connectivity index (χ1n) is 4.57. The Balaban J connectivity index is 2.27. The normalized spacial score (nSPS) is 22.2. The van der Waals surface area contributed by atoms with Crippen LogP contribution in [0.2, 0.25) is 0 Å². The van der Waals surface area contributed by atoms with Crippen molar-refractivity contribution in [3.05, 3.63) is 0 Å². The molecule has 4 heteroatoms. The molecule has 74 valence electrons. The Morgan fingerprint density at radius 3 is 3.08 bits per heavy atom. The average molecular weight is 186 g/mol. The summed E-state index contributed by atoms with van der Waals surface area (Å²) in [6, 6.07) is 0. The fourth-order valence-corrected chi connectivity index (χ4v) is 1.33. The molecule has 0 aromatic carbocycles. The first kappa shape index (κ1) is 10.0. The largest absolute Gasteiger partial charge is 0.466 e. The van der Waals surface area contributed by atoms with E-state index in [0.29, 0.717) is 13.0 Å². The van der Waals surface area contributed by atoms with Gasteiger partial charge in [-0.05, 0) is 19.8 Å². The summed E-state index contributed by atoms with van der Waals surface area (Å²) in [5, 5.41) is 0. The second kappa shape index (κ2) is 4.84. The van der Waals surface area contributed by atoms with E-state index in [1.54, 1.807) is 6.92 Å². The van der Waals surface area contributed by atoms with E-state index in [1.807, 2.05) is 0 Å². The Bertz CT molecular complexity index is 200. The van der Waals surface area contributed by atoms with Crippen LogP contribution in [-0.4, -0.2) is 24.6 Å². The van der Waals surface area contributed by atoms with Crippen LogP contribution in [0.25, 0.3) is 0 Å². The number of ether oxygens (including phenoxy) is 2. The van der Waals surface area contributed by atoms with Crippen molar-refractivity contribution >= 4 is 11.9 Å². The number of esters is 2. The van der Waals surface area contributed by atoms with E-state index < -0.39 is 0 Å². The summed E-state index contributed by atoms with van der Waals surface area (Å²) in [6.07, 6.45) is 1.98. The van der Waals surface area contributed by atoms with Gasteiger partial charge in [0.1, 0.15) is 6.10 Å². The molecule has 0 spiro atoms. The van der Waals surface area contributed by atoms with E-state index >= 15 is 0 Å². The molecule has 0 N–H and O–H groups in total. The summed E-state index contributed by atoms with van der Waals surface area (Å²) in [7, 11) is 0. The molecule has 1 aliphatic heterocycles. The summed E-state index contributed by atoms with van der Waals surface area (Å²) in [5.41, 5.74) is 0. The number of hydrogen-bond donors (Lipinski definition) is 0. The Morgan fingerprint density at radius 1 is 1.69 bits per heavy atom.